The van der Waals surface area contributed by atoms with Crippen molar-refractivity contribution in [3.8, 4) is 0 Å². The average Bonchev–Trinajstić information content (AvgIpc) is 2.74. The summed E-state index contributed by atoms with van der Waals surface area (Å²) in [7, 11) is 0. The predicted octanol–water partition coefficient (Wildman–Crippen LogP) is 2.36. The molecule has 4 nitrogen and oxygen atoms in total. The van der Waals surface area contributed by atoms with Crippen molar-refractivity contribution in [2.24, 2.45) is 0 Å². The van der Waals surface area contributed by atoms with Gasteiger partial charge in [0.25, 0.3) is 0 Å². The monoisotopic (exact) mass is 284 g/mol. The maximum atomic E-state index is 11.6. The van der Waals surface area contributed by atoms with Crippen LogP contribution in [0.1, 0.15) is 6.42 Å². The summed E-state index contributed by atoms with van der Waals surface area (Å²) in [5, 5.41) is 5.62. The van der Waals surface area contributed by atoms with E-state index in [0.29, 0.717) is 6.61 Å². The third kappa shape index (κ3) is 3.21. The largest absolute Gasteiger partial charge is 0.379 e. The van der Waals surface area contributed by atoms with E-state index in [1.54, 1.807) is 0 Å². The third-order valence-electron chi connectivity index (χ3n) is 2.37. The molecule has 1 aliphatic heterocycles. The van der Waals surface area contributed by atoms with E-state index in [4.69, 9.17) is 4.74 Å². The Morgan fingerprint density at radius 2 is 2.12 bits per heavy atom. The molecule has 2 amide bonds. The summed E-state index contributed by atoms with van der Waals surface area (Å²) in [6, 6.07) is 7.40. The van der Waals surface area contributed by atoms with Crippen LogP contribution in [0.4, 0.5) is 10.5 Å². The highest BCUT2D eigenvalue weighted by Gasteiger charge is 2.17. The molecule has 1 aromatic carbocycles. The number of hydrogen-bond acceptors (Lipinski definition) is 2. The standard InChI is InChI=1S/C11H13BrN2O2/c12-8-1-3-9(4-2-8)13-11(15)14-10-5-6-16-7-10/h1-4,10H,5-7H2,(H2,13,14,15). The number of nitrogens with one attached hydrogen (secondary N) is 2. The van der Waals surface area contributed by atoms with Crippen molar-refractivity contribution in [3.63, 3.8) is 0 Å². The smallest absolute Gasteiger partial charge is 0.319 e. The Bertz CT molecular complexity index is 361. The Hall–Kier alpha value is -1.07. The quantitative estimate of drug-likeness (QED) is 0.876. The van der Waals surface area contributed by atoms with Crippen LogP contribution in [0, 0.1) is 0 Å². The third-order valence-corrected chi connectivity index (χ3v) is 2.90. The minimum Gasteiger partial charge on any atom is -0.379 e. The van der Waals surface area contributed by atoms with Gasteiger partial charge in [0.2, 0.25) is 0 Å². The van der Waals surface area contributed by atoms with Crippen LogP contribution >= 0.6 is 15.9 Å². The second kappa shape index (κ2) is 5.32. The van der Waals surface area contributed by atoms with Gasteiger partial charge in [0.1, 0.15) is 0 Å². The number of rotatable bonds is 2. The Morgan fingerprint density at radius 1 is 1.38 bits per heavy atom. The molecule has 1 aliphatic rings. The number of hydrogen-bond donors (Lipinski definition) is 2. The van der Waals surface area contributed by atoms with E-state index in [2.05, 4.69) is 26.6 Å². The van der Waals surface area contributed by atoms with Gasteiger partial charge in [-0.2, -0.15) is 0 Å². The van der Waals surface area contributed by atoms with E-state index in [1.807, 2.05) is 24.3 Å². The second-order valence-corrected chi connectivity index (χ2v) is 4.58. The van der Waals surface area contributed by atoms with Gasteiger partial charge in [-0.15, -0.1) is 0 Å². The molecule has 2 rings (SSSR count). The SMILES string of the molecule is O=C(Nc1ccc(Br)cc1)NC1CCOC1. The normalized spacial score (nSPS) is 19.4. The van der Waals surface area contributed by atoms with E-state index < -0.39 is 0 Å². The van der Waals surface area contributed by atoms with Crippen molar-refractivity contribution < 1.29 is 9.53 Å². The van der Waals surface area contributed by atoms with Gasteiger partial charge in [-0.3, -0.25) is 0 Å². The molecular weight excluding hydrogens is 272 g/mol. The zero-order valence-electron chi connectivity index (χ0n) is 8.70. The summed E-state index contributed by atoms with van der Waals surface area (Å²) in [5.74, 6) is 0. The fraction of sp³-hybridized carbons (Fsp3) is 0.364. The Balaban J connectivity index is 1.84. The fourth-order valence-corrected chi connectivity index (χ4v) is 1.80. The van der Waals surface area contributed by atoms with Crippen LogP contribution in [0.3, 0.4) is 0 Å². The molecule has 2 N–H and O–H groups in total. The van der Waals surface area contributed by atoms with Gasteiger partial charge >= 0.3 is 6.03 Å². The Kier molecular flexibility index (Phi) is 3.79. The first kappa shape index (κ1) is 11.4. The number of carbonyl (C=O) groups excluding carboxylic acids is 1. The van der Waals surface area contributed by atoms with Crippen LogP contribution in [0.2, 0.25) is 0 Å². The minimum absolute atomic E-state index is 0.135. The minimum atomic E-state index is -0.183. The number of urea groups is 1. The van der Waals surface area contributed by atoms with Crippen LogP contribution < -0.4 is 10.6 Å². The number of carbonyl (C=O) groups is 1. The number of halogens is 1. The molecule has 0 aromatic heterocycles. The van der Waals surface area contributed by atoms with Gasteiger partial charge in [0, 0.05) is 16.8 Å². The lowest BCUT2D eigenvalue weighted by molar-refractivity contribution is 0.189. The second-order valence-electron chi connectivity index (χ2n) is 3.67. The van der Waals surface area contributed by atoms with Crippen LogP contribution in [0.15, 0.2) is 28.7 Å². The highest BCUT2D eigenvalue weighted by Crippen LogP contribution is 2.14. The summed E-state index contributed by atoms with van der Waals surface area (Å²) >= 11 is 3.34. The molecule has 0 bridgehead atoms. The van der Waals surface area contributed by atoms with Crippen molar-refractivity contribution in [2.75, 3.05) is 18.5 Å². The molecule has 0 saturated carbocycles. The predicted molar refractivity (Wildman–Crippen MR) is 65.5 cm³/mol. The van der Waals surface area contributed by atoms with E-state index >= 15 is 0 Å². The topological polar surface area (TPSA) is 50.4 Å². The summed E-state index contributed by atoms with van der Waals surface area (Å²) in [6.07, 6.45) is 0.883. The van der Waals surface area contributed by atoms with Gasteiger partial charge in [-0.05, 0) is 30.7 Å². The molecule has 1 saturated heterocycles. The molecule has 0 radical (unpaired) electrons. The van der Waals surface area contributed by atoms with Gasteiger partial charge in [-0.1, -0.05) is 15.9 Å². The molecule has 1 aromatic rings. The maximum absolute atomic E-state index is 11.6. The molecule has 16 heavy (non-hydrogen) atoms. The van der Waals surface area contributed by atoms with Gasteiger partial charge in [0.15, 0.2) is 0 Å². The highest BCUT2D eigenvalue weighted by atomic mass is 79.9. The molecule has 1 heterocycles. The lowest BCUT2D eigenvalue weighted by atomic mass is 10.3. The van der Waals surface area contributed by atoms with Crippen molar-refractivity contribution in [3.05, 3.63) is 28.7 Å². The zero-order chi connectivity index (χ0) is 11.4. The molecule has 1 unspecified atom stereocenters. The summed E-state index contributed by atoms with van der Waals surface area (Å²) in [4.78, 5) is 11.6. The first-order valence-corrected chi connectivity index (χ1v) is 5.94. The maximum Gasteiger partial charge on any atom is 0.319 e. The van der Waals surface area contributed by atoms with Crippen LogP contribution in [-0.2, 0) is 4.74 Å². The van der Waals surface area contributed by atoms with Crippen molar-refractivity contribution in [1.29, 1.82) is 0 Å². The van der Waals surface area contributed by atoms with Crippen LogP contribution in [0.25, 0.3) is 0 Å². The molecule has 5 heteroatoms. The van der Waals surface area contributed by atoms with E-state index in [9.17, 15) is 4.79 Å². The van der Waals surface area contributed by atoms with Crippen molar-refractivity contribution >= 4 is 27.6 Å². The molecule has 1 fully saturated rings. The number of anilines is 1. The summed E-state index contributed by atoms with van der Waals surface area (Å²) in [5.41, 5.74) is 0.777. The fourth-order valence-electron chi connectivity index (χ4n) is 1.53. The first-order chi connectivity index (χ1) is 7.74. The number of amides is 2. The lowest BCUT2D eigenvalue weighted by Gasteiger charge is -2.11. The molecule has 0 aliphatic carbocycles. The Labute approximate surface area is 102 Å². The van der Waals surface area contributed by atoms with Crippen molar-refractivity contribution in [2.45, 2.75) is 12.5 Å². The van der Waals surface area contributed by atoms with E-state index in [1.165, 1.54) is 0 Å². The highest BCUT2D eigenvalue weighted by molar-refractivity contribution is 9.10. The van der Waals surface area contributed by atoms with Gasteiger partial charge < -0.3 is 15.4 Å². The Morgan fingerprint density at radius 3 is 2.75 bits per heavy atom. The summed E-state index contributed by atoms with van der Waals surface area (Å²) < 4.78 is 6.16. The zero-order valence-corrected chi connectivity index (χ0v) is 10.3. The average molecular weight is 285 g/mol. The van der Waals surface area contributed by atoms with Gasteiger partial charge in [0.05, 0.1) is 12.6 Å². The van der Waals surface area contributed by atoms with E-state index in [-0.39, 0.29) is 12.1 Å². The molecule has 0 spiro atoms. The van der Waals surface area contributed by atoms with E-state index in [0.717, 1.165) is 23.2 Å². The molecule has 1 atom stereocenters. The first-order valence-electron chi connectivity index (χ1n) is 5.15. The summed E-state index contributed by atoms with van der Waals surface area (Å²) in [6.45, 7) is 1.33. The lowest BCUT2D eigenvalue weighted by Crippen LogP contribution is -2.38. The van der Waals surface area contributed by atoms with Crippen LogP contribution in [0.5, 0.6) is 0 Å². The van der Waals surface area contributed by atoms with Crippen LogP contribution in [-0.4, -0.2) is 25.3 Å². The van der Waals surface area contributed by atoms with Crippen molar-refractivity contribution in [1.82, 2.24) is 5.32 Å². The molecular formula is C11H13BrN2O2. The number of ether oxygens (including phenoxy) is 1. The number of benzene rings is 1. The van der Waals surface area contributed by atoms with Gasteiger partial charge in [-0.25, -0.2) is 4.79 Å². The molecule has 86 valence electrons.